The molecule has 0 aromatic heterocycles. The second kappa shape index (κ2) is 4.98. The Labute approximate surface area is 93.9 Å². The van der Waals surface area contributed by atoms with E-state index in [1.54, 1.807) is 0 Å². The Balaban J connectivity index is 3.05. The molecule has 0 aliphatic carbocycles. The fourth-order valence-electron chi connectivity index (χ4n) is 0.899. The molecule has 5 nitrogen and oxygen atoms in total. The zero-order chi connectivity index (χ0) is 13.0. The van der Waals surface area contributed by atoms with Gasteiger partial charge in [-0.1, -0.05) is 0 Å². The molecule has 0 fully saturated rings. The van der Waals surface area contributed by atoms with E-state index in [4.69, 9.17) is 16.4 Å². The zero-order valence-corrected chi connectivity index (χ0v) is 8.26. The van der Waals surface area contributed by atoms with Crippen molar-refractivity contribution in [2.45, 2.75) is 0 Å². The molecule has 0 amide bonds. The van der Waals surface area contributed by atoms with Crippen LogP contribution >= 0.6 is 0 Å². The van der Waals surface area contributed by atoms with Crippen molar-refractivity contribution < 1.29 is 13.2 Å². The smallest absolute Gasteiger partial charge is 0.201 e. The van der Waals surface area contributed by atoms with Crippen molar-refractivity contribution in [2.24, 2.45) is 10.8 Å². The van der Waals surface area contributed by atoms with Gasteiger partial charge in [-0.25, -0.2) is 13.2 Å². The molecular weight excluding hydrogens is 235 g/mol. The molecule has 8 heteroatoms. The van der Waals surface area contributed by atoms with E-state index in [1.807, 2.05) is 5.43 Å². The molecule has 0 bridgehead atoms. The Kier molecular flexibility index (Phi) is 3.66. The predicted molar refractivity (Wildman–Crippen MR) is 54.9 cm³/mol. The minimum absolute atomic E-state index is 0.362. The van der Waals surface area contributed by atoms with Gasteiger partial charge in [0.15, 0.2) is 17.5 Å². The lowest BCUT2D eigenvalue weighted by atomic mass is 10.3. The Morgan fingerprint density at radius 2 is 2.06 bits per heavy atom. The largest absolute Gasteiger partial charge is 0.382 e. The number of nitrogens with one attached hydrogen (secondary N) is 2. The fourth-order valence-corrected chi connectivity index (χ4v) is 0.899. The second-order valence-electron chi connectivity index (χ2n) is 2.85. The van der Waals surface area contributed by atoms with Crippen LogP contribution in [0.1, 0.15) is 0 Å². The van der Waals surface area contributed by atoms with Gasteiger partial charge in [-0.15, -0.1) is 0 Å². The first-order chi connectivity index (χ1) is 7.95. The minimum atomic E-state index is -1.40. The lowest BCUT2D eigenvalue weighted by molar-refractivity contribution is 0.497. The van der Waals surface area contributed by atoms with Crippen LogP contribution in [0.5, 0.6) is 0 Å². The first-order valence-corrected chi connectivity index (χ1v) is 4.18. The third-order valence-corrected chi connectivity index (χ3v) is 1.64. The van der Waals surface area contributed by atoms with Crippen molar-refractivity contribution in [2.75, 3.05) is 5.43 Å². The molecule has 0 unspecified atom stereocenters. The highest BCUT2D eigenvalue weighted by atomic mass is 19.2. The molecule has 0 heterocycles. The van der Waals surface area contributed by atoms with Crippen LogP contribution < -0.4 is 11.2 Å². The van der Waals surface area contributed by atoms with Crippen LogP contribution in [-0.2, 0) is 0 Å². The van der Waals surface area contributed by atoms with Crippen molar-refractivity contribution in [1.82, 2.24) is 0 Å². The Bertz CT molecular complexity index is 532. The SMILES string of the molecule is N#C/C(=N\Nc1cc(F)cc(F)c1F)C(=N)N. The summed E-state index contributed by atoms with van der Waals surface area (Å²) >= 11 is 0. The Hall–Kier alpha value is -2.56. The molecular formula is C9H6F3N5. The monoisotopic (exact) mass is 241 g/mol. The first kappa shape index (κ1) is 12.5. The van der Waals surface area contributed by atoms with Crippen molar-refractivity contribution in [3.63, 3.8) is 0 Å². The molecule has 4 N–H and O–H groups in total. The lowest BCUT2D eigenvalue weighted by Crippen LogP contribution is -2.22. The summed E-state index contributed by atoms with van der Waals surface area (Å²) in [6.45, 7) is 0. The molecule has 1 aromatic carbocycles. The van der Waals surface area contributed by atoms with Gasteiger partial charge in [-0.3, -0.25) is 10.8 Å². The van der Waals surface area contributed by atoms with Gasteiger partial charge in [-0.2, -0.15) is 10.4 Å². The molecule has 1 rings (SSSR count). The number of amidine groups is 1. The van der Waals surface area contributed by atoms with Crippen molar-refractivity contribution in [3.8, 4) is 6.07 Å². The van der Waals surface area contributed by atoms with E-state index in [0.29, 0.717) is 12.1 Å². The first-order valence-electron chi connectivity index (χ1n) is 4.18. The maximum absolute atomic E-state index is 13.1. The Morgan fingerprint density at radius 3 is 2.59 bits per heavy atom. The van der Waals surface area contributed by atoms with E-state index in [0.717, 1.165) is 0 Å². The summed E-state index contributed by atoms with van der Waals surface area (Å²) in [5, 5.41) is 18.6. The molecule has 1 aromatic rings. The summed E-state index contributed by atoms with van der Waals surface area (Å²) < 4.78 is 38.6. The summed E-state index contributed by atoms with van der Waals surface area (Å²) in [5.74, 6) is -4.42. The van der Waals surface area contributed by atoms with E-state index in [1.165, 1.54) is 6.07 Å². The fraction of sp³-hybridized carbons (Fsp3) is 0. The van der Waals surface area contributed by atoms with Gasteiger partial charge in [0.1, 0.15) is 11.9 Å². The average Bonchev–Trinajstić information content (AvgIpc) is 2.25. The number of hydrazone groups is 1. The van der Waals surface area contributed by atoms with Crippen LogP contribution in [0, 0.1) is 34.2 Å². The summed E-state index contributed by atoms with van der Waals surface area (Å²) in [4.78, 5) is 0. The van der Waals surface area contributed by atoms with Gasteiger partial charge in [0.05, 0.1) is 5.69 Å². The highest BCUT2D eigenvalue weighted by Crippen LogP contribution is 2.18. The molecule has 0 spiro atoms. The molecule has 17 heavy (non-hydrogen) atoms. The predicted octanol–water partition coefficient (Wildman–Crippen LogP) is 1.33. The maximum atomic E-state index is 13.1. The van der Waals surface area contributed by atoms with Crippen molar-refractivity contribution in [1.29, 1.82) is 10.7 Å². The Morgan fingerprint density at radius 1 is 1.41 bits per heavy atom. The molecule has 0 saturated carbocycles. The number of anilines is 1. The van der Waals surface area contributed by atoms with Gasteiger partial charge < -0.3 is 5.73 Å². The molecule has 0 aliphatic heterocycles. The molecule has 0 radical (unpaired) electrons. The number of halogens is 3. The maximum Gasteiger partial charge on any atom is 0.201 e. The van der Waals surface area contributed by atoms with Gasteiger partial charge >= 0.3 is 0 Å². The zero-order valence-electron chi connectivity index (χ0n) is 8.26. The molecule has 88 valence electrons. The third kappa shape index (κ3) is 2.94. The number of hydrogen-bond donors (Lipinski definition) is 3. The van der Waals surface area contributed by atoms with E-state index in [-0.39, 0.29) is 0 Å². The van der Waals surface area contributed by atoms with Crippen LogP contribution in [0.15, 0.2) is 17.2 Å². The highest BCUT2D eigenvalue weighted by molar-refractivity contribution is 6.45. The summed E-state index contributed by atoms with van der Waals surface area (Å²) in [6.07, 6.45) is 0. The van der Waals surface area contributed by atoms with Crippen LogP contribution in [0.3, 0.4) is 0 Å². The van der Waals surface area contributed by atoms with Crippen molar-refractivity contribution >= 4 is 17.2 Å². The van der Waals surface area contributed by atoms with E-state index in [2.05, 4.69) is 5.10 Å². The van der Waals surface area contributed by atoms with E-state index in [9.17, 15) is 13.2 Å². The van der Waals surface area contributed by atoms with Crippen LogP contribution in [0.2, 0.25) is 0 Å². The second-order valence-corrected chi connectivity index (χ2v) is 2.85. The third-order valence-electron chi connectivity index (χ3n) is 1.64. The average molecular weight is 241 g/mol. The highest BCUT2D eigenvalue weighted by Gasteiger charge is 2.11. The van der Waals surface area contributed by atoms with Crippen molar-refractivity contribution in [3.05, 3.63) is 29.6 Å². The molecule has 0 atom stereocenters. The van der Waals surface area contributed by atoms with Crippen LogP contribution in [-0.4, -0.2) is 11.5 Å². The number of nitriles is 1. The number of hydrogen-bond acceptors (Lipinski definition) is 4. The van der Waals surface area contributed by atoms with E-state index >= 15 is 0 Å². The topological polar surface area (TPSA) is 98.0 Å². The number of nitrogens with zero attached hydrogens (tertiary/aromatic N) is 2. The van der Waals surface area contributed by atoms with Gasteiger partial charge in [-0.05, 0) is 0 Å². The number of nitrogens with two attached hydrogens (primary N) is 1. The summed E-state index contributed by atoms with van der Waals surface area (Å²) in [6, 6.07) is 2.46. The van der Waals surface area contributed by atoms with Gasteiger partial charge in [0.25, 0.3) is 0 Å². The van der Waals surface area contributed by atoms with Crippen LogP contribution in [0.25, 0.3) is 0 Å². The molecule has 0 saturated heterocycles. The van der Waals surface area contributed by atoms with Gasteiger partial charge in [0, 0.05) is 12.1 Å². The quantitative estimate of drug-likeness (QED) is 0.322. The lowest BCUT2D eigenvalue weighted by Gasteiger charge is -2.03. The normalized spacial score (nSPS) is 10.8. The summed E-state index contributed by atoms with van der Waals surface area (Å²) in [7, 11) is 0. The number of rotatable bonds is 3. The van der Waals surface area contributed by atoms with Gasteiger partial charge in [0.2, 0.25) is 5.71 Å². The minimum Gasteiger partial charge on any atom is -0.382 e. The van der Waals surface area contributed by atoms with Crippen LogP contribution in [0.4, 0.5) is 18.9 Å². The summed E-state index contributed by atoms with van der Waals surface area (Å²) in [5.41, 5.74) is 5.74. The molecule has 0 aliphatic rings. The number of benzene rings is 1. The standard InChI is InChI=1S/C9H6F3N5/c10-4-1-5(11)8(12)6(2-4)16-17-7(3-13)9(14)15/h1-2,16H,(H3,14,15)/b17-7+. The van der Waals surface area contributed by atoms with E-state index < -0.39 is 34.7 Å².